The summed E-state index contributed by atoms with van der Waals surface area (Å²) in [6, 6.07) is 6.54. The number of sulfonamides is 1. The molecule has 7 heteroatoms. The minimum absolute atomic E-state index is 0.102. The summed E-state index contributed by atoms with van der Waals surface area (Å²) in [6.07, 6.45) is 2.85. The van der Waals surface area contributed by atoms with Crippen LogP contribution >= 0.6 is 0 Å². The number of nitrogens with two attached hydrogens (primary N) is 1. The maximum Gasteiger partial charge on any atom is 0.244 e. The number of benzene rings is 1. The largest absolute Gasteiger partial charge is 0.325 e. The summed E-state index contributed by atoms with van der Waals surface area (Å²) in [4.78, 5) is 12.1. The second-order valence-electron chi connectivity index (χ2n) is 5.97. The first kappa shape index (κ1) is 19.4. The van der Waals surface area contributed by atoms with Gasteiger partial charge in [0.1, 0.15) is 0 Å². The fourth-order valence-electron chi connectivity index (χ4n) is 2.09. The van der Waals surface area contributed by atoms with Crippen LogP contribution in [0, 0.1) is 0 Å². The minimum atomic E-state index is -3.32. The van der Waals surface area contributed by atoms with Crippen LogP contribution in [0.2, 0.25) is 0 Å². The van der Waals surface area contributed by atoms with Gasteiger partial charge in [0.15, 0.2) is 0 Å². The maximum absolute atomic E-state index is 12.1. The summed E-state index contributed by atoms with van der Waals surface area (Å²) >= 11 is 0. The van der Waals surface area contributed by atoms with Crippen molar-refractivity contribution in [2.24, 2.45) is 5.73 Å². The maximum atomic E-state index is 12.1. The van der Waals surface area contributed by atoms with Gasteiger partial charge in [0.2, 0.25) is 15.9 Å². The van der Waals surface area contributed by atoms with E-state index in [2.05, 4.69) is 10.0 Å². The monoisotopic (exact) mass is 341 g/mol. The van der Waals surface area contributed by atoms with E-state index in [0.29, 0.717) is 24.2 Å². The van der Waals surface area contributed by atoms with Gasteiger partial charge in [-0.25, -0.2) is 8.42 Å². The molecule has 1 amide bonds. The van der Waals surface area contributed by atoms with E-state index in [1.54, 1.807) is 31.2 Å². The Bertz CT molecular complexity index is 610. The zero-order chi connectivity index (χ0) is 17.5. The lowest BCUT2D eigenvalue weighted by molar-refractivity contribution is -0.120. The quantitative estimate of drug-likeness (QED) is 0.642. The van der Waals surface area contributed by atoms with Crippen LogP contribution < -0.4 is 15.8 Å². The summed E-state index contributed by atoms with van der Waals surface area (Å²) in [6.45, 7) is 5.61. The van der Waals surface area contributed by atoms with Crippen molar-refractivity contribution in [1.29, 1.82) is 0 Å². The lowest BCUT2D eigenvalue weighted by atomic mass is 9.96. The predicted molar refractivity (Wildman–Crippen MR) is 94.9 cm³/mol. The van der Waals surface area contributed by atoms with E-state index in [1.807, 2.05) is 13.8 Å². The predicted octanol–water partition coefficient (Wildman–Crippen LogP) is 2.68. The standard InChI is InChI=1S/C16H27N3O3S/c1-4-6-12-23(21,22)19-14-9-7-13(8-10-14)18-15(20)16(3,17)11-5-2/h7-10,19H,4-6,11-12,17H2,1-3H3,(H,18,20). The fraction of sp³-hybridized carbons (Fsp3) is 0.562. The molecule has 6 nitrogen and oxygen atoms in total. The fourth-order valence-corrected chi connectivity index (χ4v) is 3.36. The molecular formula is C16H27N3O3S. The van der Waals surface area contributed by atoms with Crippen LogP contribution in [0.1, 0.15) is 46.5 Å². The molecule has 0 aliphatic rings. The summed E-state index contributed by atoms with van der Waals surface area (Å²) < 4.78 is 26.2. The minimum Gasteiger partial charge on any atom is -0.325 e. The van der Waals surface area contributed by atoms with Crippen molar-refractivity contribution in [2.45, 2.75) is 52.0 Å². The number of hydrogen-bond acceptors (Lipinski definition) is 4. The van der Waals surface area contributed by atoms with Crippen LogP contribution in [-0.2, 0) is 14.8 Å². The molecule has 0 saturated carbocycles. The highest BCUT2D eigenvalue weighted by atomic mass is 32.2. The number of amides is 1. The highest BCUT2D eigenvalue weighted by molar-refractivity contribution is 7.92. The molecule has 0 spiro atoms. The molecular weight excluding hydrogens is 314 g/mol. The number of rotatable bonds is 9. The van der Waals surface area contributed by atoms with E-state index in [0.717, 1.165) is 12.8 Å². The Balaban J connectivity index is 2.69. The topological polar surface area (TPSA) is 101 Å². The summed E-state index contributed by atoms with van der Waals surface area (Å²) in [5.41, 5.74) is 6.11. The molecule has 0 radical (unpaired) electrons. The molecule has 0 heterocycles. The Labute approximate surface area is 138 Å². The zero-order valence-corrected chi connectivity index (χ0v) is 14.9. The van der Waals surface area contributed by atoms with Crippen LogP contribution in [0.4, 0.5) is 11.4 Å². The molecule has 1 aromatic carbocycles. The van der Waals surface area contributed by atoms with Gasteiger partial charge >= 0.3 is 0 Å². The van der Waals surface area contributed by atoms with Gasteiger partial charge in [-0.15, -0.1) is 0 Å². The molecule has 1 aromatic rings. The number of carbonyl (C=O) groups is 1. The number of hydrogen-bond donors (Lipinski definition) is 3. The lowest BCUT2D eigenvalue weighted by Crippen LogP contribution is -2.48. The van der Waals surface area contributed by atoms with Gasteiger partial charge in [0.05, 0.1) is 11.3 Å². The normalized spacial score (nSPS) is 14.1. The van der Waals surface area contributed by atoms with Crippen LogP contribution in [0.5, 0.6) is 0 Å². The summed E-state index contributed by atoms with van der Waals surface area (Å²) in [7, 11) is -3.32. The Kier molecular flexibility index (Phi) is 7.02. The first-order valence-electron chi connectivity index (χ1n) is 7.91. The molecule has 0 aromatic heterocycles. The number of nitrogens with one attached hydrogen (secondary N) is 2. The third-order valence-corrected chi connectivity index (χ3v) is 4.84. The van der Waals surface area contributed by atoms with E-state index < -0.39 is 15.6 Å². The molecule has 1 unspecified atom stereocenters. The van der Waals surface area contributed by atoms with E-state index in [4.69, 9.17) is 5.73 Å². The number of carbonyl (C=O) groups excluding carboxylic acids is 1. The van der Waals surface area contributed by atoms with Crippen molar-refractivity contribution >= 4 is 27.3 Å². The van der Waals surface area contributed by atoms with Crippen LogP contribution in [0.15, 0.2) is 24.3 Å². The van der Waals surface area contributed by atoms with Crippen molar-refractivity contribution in [3.05, 3.63) is 24.3 Å². The Hall–Kier alpha value is -1.60. The van der Waals surface area contributed by atoms with Crippen LogP contribution in [0.25, 0.3) is 0 Å². The number of anilines is 2. The van der Waals surface area contributed by atoms with Crippen LogP contribution in [0.3, 0.4) is 0 Å². The van der Waals surface area contributed by atoms with Gasteiger partial charge in [-0.2, -0.15) is 0 Å². The summed E-state index contributed by atoms with van der Waals surface area (Å²) in [5.74, 6) is -0.152. The van der Waals surface area contributed by atoms with E-state index in [1.165, 1.54) is 0 Å². The smallest absolute Gasteiger partial charge is 0.244 e. The first-order valence-corrected chi connectivity index (χ1v) is 9.56. The van der Waals surface area contributed by atoms with E-state index in [-0.39, 0.29) is 11.7 Å². The molecule has 4 N–H and O–H groups in total. The van der Waals surface area contributed by atoms with Crippen molar-refractivity contribution < 1.29 is 13.2 Å². The third-order valence-electron chi connectivity index (χ3n) is 3.47. The average Bonchev–Trinajstić information content (AvgIpc) is 2.47. The second-order valence-corrected chi connectivity index (χ2v) is 7.82. The zero-order valence-electron chi connectivity index (χ0n) is 14.1. The van der Waals surface area contributed by atoms with Gasteiger partial charge in [-0.3, -0.25) is 9.52 Å². The van der Waals surface area contributed by atoms with Gasteiger partial charge in [0.25, 0.3) is 0 Å². The Morgan fingerprint density at radius 2 is 1.70 bits per heavy atom. The van der Waals surface area contributed by atoms with Crippen molar-refractivity contribution in [3.63, 3.8) is 0 Å². The third kappa shape index (κ3) is 6.58. The molecule has 0 aliphatic carbocycles. The molecule has 130 valence electrons. The van der Waals surface area contributed by atoms with Gasteiger partial charge in [0, 0.05) is 11.4 Å². The van der Waals surface area contributed by atoms with Crippen molar-refractivity contribution in [1.82, 2.24) is 0 Å². The molecule has 1 rings (SSSR count). The molecule has 0 saturated heterocycles. The SMILES string of the molecule is CCCCS(=O)(=O)Nc1ccc(NC(=O)C(C)(N)CCC)cc1. The van der Waals surface area contributed by atoms with E-state index >= 15 is 0 Å². The molecule has 0 fully saturated rings. The molecule has 0 bridgehead atoms. The second kappa shape index (κ2) is 8.31. The first-order chi connectivity index (χ1) is 10.7. The highest BCUT2D eigenvalue weighted by Crippen LogP contribution is 2.17. The van der Waals surface area contributed by atoms with Crippen LogP contribution in [-0.4, -0.2) is 25.6 Å². The lowest BCUT2D eigenvalue weighted by Gasteiger charge is -2.22. The number of unbranched alkanes of at least 4 members (excludes halogenated alkanes) is 1. The molecule has 0 aliphatic heterocycles. The highest BCUT2D eigenvalue weighted by Gasteiger charge is 2.27. The van der Waals surface area contributed by atoms with Crippen molar-refractivity contribution in [2.75, 3.05) is 15.8 Å². The Morgan fingerprint density at radius 3 is 2.22 bits per heavy atom. The van der Waals surface area contributed by atoms with Crippen molar-refractivity contribution in [3.8, 4) is 0 Å². The van der Waals surface area contributed by atoms with Gasteiger partial charge < -0.3 is 11.1 Å². The van der Waals surface area contributed by atoms with Gasteiger partial charge in [-0.05, 0) is 44.0 Å². The Morgan fingerprint density at radius 1 is 1.13 bits per heavy atom. The van der Waals surface area contributed by atoms with E-state index in [9.17, 15) is 13.2 Å². The summed E-state index contributed by atoms with van der Waals surface area (Å²) in [5, 5.41) is 2.75. The van der Waals surface area contributed by atoms with Gasteiger partial charge in [-0.1, -0.05) is 26.7 Å². The molecule has 1 atom stereocenters. The molecule has 23 heavy (non-hydrogen) atoms. The average molecular weight is 341 g/mol.